The molecule has 0 saturated carbocycles. The molecule has 0 aliphatic carbocycles. The third-order valence-electron chi connectivity index (χ3n) is 5.20. The van der Waals surface area contributed by atoms with Gasteiger partial charge in [0.1, 0.15) is 11.2 Å². The molecule has 5 aromatic carbocycles. The van der Waals surface area contributed by atoms with E-state index in [1.165, 1.54) is 0 Å². The summed E-state index contributed by atoms with van der Waals surface area (Å²) in [5.41, 5.74) is -3.61. The van der Waals surface area contributed by atoms with Gasteiger partial charge in [0, 0.05) is 32.8 Å². The van der Waals surface area contributed by atoms with E-state index in [0.29, 0.717) is 0 Å². The van der Waals surface area contributed by atoms with Gasteiger partial charge in [0.15, 0.2) is 0 Å². The van der Waals surface area contributed by atoms with Crippen molar-refractivity contribution in [2.45, 2.75) is 0 Å². The average Bonchev–Trinajstić information content (AvgIpc) is 3.67. The minimum absolute atomic E-state index is 0.253. The van der Waals surface area contributed by atoms with Crippen molar-refractivity contribution in [1.82, 2.24) is 4.57 Å². The summed E-state index contributed by atoms with van der Waals surface area (Å²) < 4.78 is 162. The molecule has 33 heavy (non-hydrogen) atoms. The van der Waals surface area contributed by atoms with Gasteiger partial charge in [-0.2, -0.15) is 0 Å². The van der Waals surface area contributed by atoms with Crippen LogP contribution in [0, 0.1) is 0 Å². The molecule has 0 bridgehead atoms. The maximum atomic E-state index is 9.43. The zero-order valence-electron chi connectivity index (χ0n) is 34.2. The number of hydrogen-bond donors (Lipinski definition) is 0. The molecular formula is C30H18ClNO. The lowest BCUT2D eigenvalue weighted by molar-refractivity contribution is 0.670. The second kappa shape index (κ2) is 6.99. The standard InChI is InChI=1S/C30H18ClNO/c31-25-17-16-21(30-29(25)24-12-3-6-15-28(24)33-30)19-8-7-9-20(18-19)32-26-13-4-1-10-22(26)23-11-2-5-14-27(23)32/h1-18H/i1D,2D,3D,4D,5D,6D,7D,8D,9D,10D,11D,12D,13D,14D,15D,16D,17D,18D. The highest BCUT2D eigenvalue weighted by atomic mass is 35.5. The highest BCUT2D eigenvalue weighted by Crippen LogP contribution is 2.40. The SMILES string of the molecule is [2H]c1c([2H])c(-c2c([2H])c([2H])c(Cl)c3c2oc2c([2H])c([2H])c([2H])c([2H])c23)c([2H])c(-n2c3c([2H])c([2H])c([2H])c([2H])c3c3c([2H])c([2H])c([2H])c([2H])c32)c1[2H]. The highest BCUT2D eigenvalue weighted by molar-refractivity contribution is 6.38. The number of halogens is 1. The predicted octanol–water partition coefficient (Wildman–Crippen LogP) is 9.00. The van der Waals surface area contributed by atoms with E-state index in [2.05, 4.69) is 0 Å². The molecule has 0 aliphatic heterocycles. The Labute approximate surface area is 220 Å². The van der Waals surface area contributed by atoms with Gasteiger partial charge in [-0.3, -0.25) is 0 Å². The van der Waals surface area contributed by atoms with Gasteiger partial charge in [-0.25, -0.2) is 0 Å². The Hall–Kier alpha value is -4.01. The fraction of sp³-hybridized carbons (Fsp3) is 0. The lowest BCUT2D eigenvalue weighted by Crippen LogP contribution is -1.94. The molecule has 0 saturated heterocycles. The van der Waals surface area contributed by atoms with Crippen LogP contribution in [0.4, 0.5) is 0 Å². The number of rotatable bonds is 2. The Balaban J connectivity index is 1.77. The molecular weight excluding hydrogens is 426 g/mol. The fourth-order valence-corrected chi connectivity index (χ4v) is 4.06. The third-order valence-corrected chi connectivity index (χ3v) is 5.48. The van der Waals surface area contributed by atoms with Crippen molar-refractivity contribution in [3.63, 3.8) is 0 Å². The van der Waals surface area contributed by atoms with Crippen molar-refractivity contribution in [2.24, 2.45) is 0 Å². The Kier molecular flexibility index (Phi) is 1.71. The molecule has 2 aromatic heterocycles. The normalized spacial score (nSPS) is 19.4. The van der Waals surface area contributed by atoms with Crippen LogP contribution in [0.1, 0.15) is 24.7 Å². The van der Waals surface area contributed by atoms with Crippen molar-refractivity contribution < 1.29 is 29.1 Å². The first-order valence-corrected chi connectivity index (χ1v) is 9.90. The molecule has 7 aromatic rings. The molecule has 0 aliphatic rings. The monoisotopic (exact) mass is 461 g/mol. The summed E-state index contributed by atoms with van der Waals surface area (Å²) in [5, 5.41) is -1.69. The maximum Gasteiger partial charge on any atom is 0.144 e. The van der Waals surface area contributed by atoms with Crippen LogP contribution in [0.5, 0.6) is 0 Å². The second-order valence-electron chi connectivity index (χ2n) is 6.96. The minimum Gasteiger partial charge on any atom is -0.455 e. The van der Waals surface area contributed by atoms with E-state index in [0.717, 1.165) is 4.57 Å². The summed E-state index contributed by atoms with van der Waals surface area (Å²) in [6.45, 7) is 0. The Bertz CT molecular complexity index is 2730. The molecule has 0 unspecified atom stereocenters. The number of furan rings is 1. The number of benzene rings is 5. The third kappa shape index (κ3) is 2.68. The lowest BCUT2D eigenvalue weighted by Gasteiger charge is -2.11. The van der Waals surface area contributed by atoms with Crippen LogP contribution in [-0.2, 0) is 0 Å². The zero-order chi connectivity index (χ0) is 37.6. The van der Waals surface area contributed by atoms with E-state index in [1.54, 1.807) is 0 Å². The van der Waals surface area contributed by atoms with Crippen LogP contribution in [0.25, 0.3) is 60.6 Å². The molecule has 0 radical (unpaired) electrons. The van der Waals surface area contributed by atoms with E-state index in [1.807, 2.05) is 0 Å². The summed E-state index contributed by atoms with van der Waals surface area (Å²) in [7, 11) is 0. The number of para-hydroxylation sites is 3. The number of hydrogen-bond acceptors (Lipinski definition) is 1. The Morgan fingerprint density at radius 2 is 1.33 bits per heavy atom. The smallest absolute Gasteiger partial charge is 0.144 e. The average molecular weight is 462 g/mol. The molecule has 0 fully saturated rings. The molecule has 7 rings (SSSR count). The van der Waals surface area contributed by atoms with Gasteiger partial charge in [0.2, 0.25) is 0 Å². The van der Waals surface area contributed by atoms with Crippen LogP contribution in [0.2, 0.25) is 5.02 Å². The van der Waals surface area contributed by atoms with Gasteiger partial charge in [-0.1, -0.05) is 78.1 Å². The lowest BCUT2D eigenvalue weighted by atomic mass is 10.0. The number of nitrogens with zero attached hydrogens (tertiary/aromatic N) is 1. The summed E-state index contributed by atoms with van der Waals surface area (Å²) in [4.78, 5) is 0. The van der Waals surface area contributed by atoms with Crippen molar-refractivity contribution >= 4 is 55.3 Å². The Morgan fingerprint density at radius 3 is 2.09 bits per heavy atom. The predicted molar refractivity (Wildman–Crippen MR) is 139 cm³/mol. The fourth-order valence-electron chi connectivity index (χ4n) is 3.83. The van der Waals surface area contributed by atoms with Crippen LogP contribution in [-0.4, -0.2) is 4.57 Å². The van der Waals surface area contributed by atoms with Crippen LogP contribution in [0.15, 0.2) is 113 Å². The molecule has 2 heterocycles. The van der Waals surface area contributed by atoms with E-state index < -0.39 is 153 Å². The quantitative estimate of drug-likeness (QED) is 0.251. The molecule has 3 heteroatoms. The summed E-state index contributed by atoms with van der Waals surface area (Å²) >= 11 is 6.50. The highest BCUT2D eigenvalue weighted by Gasteiger charge is 2.16. The van der Waals surface area contributed by atoms with Crippen molar-refractivity contribution in [1.29, 1.82) is 0 Å². The molecule has 0 atom stereocenters. The second-order valence-corrected chi connectivity index (χ2v) is 7.33. The van der Waals surface area contributed by atoms with Crippen LogP contribution in [0.3, 0.4) is 0 Å². The first-order chi connectivity index (χ1) is 23.8. The summed E-state index contributed by atoms with van der Waals surface area (Å²) in [5.74, 6) is 0. The van der Waals surface area contributed by atoms with Gasteiger partial charge < -0.3 is 8.98 Å². The van der Waals surface area contributed by atoms with Gasteiger partial charge >= 0.3 is 0 Å². The molecule has 156 valence electrons. The molecule has 0 amide bonds. The Morgan fingerprint density at radius 1 is 0.667 bits per heavy atom. The minimum atomic E-state index is -0.887. The van der Waals surface area contributed by atoms with Gasteiger partial charge in [0.05, 0.1) is 40.7 Å². The maximum absolute atomic E-state index is 9.43. The molecule has 2 nitrogen and oxygen atoms in total. The largest absolute Gasteiger partial charge is 0.455 e. The first kappa shape index (κ1) is 8.09. The number of aromatic nitrogens is 1. The van der Waals surface area contributed by atoms with Crippen LogP contribution < -0.4 is 0 Å². The summed E-state index contributed by atoms with van der Waals surface area (Å²) in [6, 6.07) is -13.3. The van der Waals surface area contributed by atoms with Gasteiger partial charge in [0.25, 0.3) is 0 Å². The number of fused-ring (bicyclic) bond motifs is 6. The molecule has 0 spiro atoms. The zero-order valence-corrected chi connectivity index (χ0v) is 17.0. The van der Waals surface area contributed by atoms with Gasteiger partial charge in [-0.15, -0.1) is 0 Å². The topological polar surface area (TPSA) is 18.1 Å². The van der Waals surface area contributed by atoms with Crippen molar-refractivity contribution in [3.8, 4) is 16.8 Å². The van der Waals surface area contributed by atoms with Crippen molar-refractivity contribution in [2.75, 3.05) is 0 Å². The van der Waals surface area contributed by atoms with Crippen molar-refractivity contribution in [3.05, 3.63) is 114 Å². The van der Waals surface area contributed by atoms with E-state index in [-0.39, 0.29) is 21.5 Å². The summed E-state index contributed by atoms with van der Waals surface area (Å²) in [6.07, 6.45) is 0. The van der Waals surface area contributed by atoms with E-state index in [9.17, 15) is 1.37 Å². The van der Waals surface area contributed by atoms with Gasteiger partial charge in [-0.05, 0) is 47.9 Å². The molecule has 0 N–H and O–H groups in total. The van der Waals surface area contributed by atoms with E-state index in [4.69, 9.17) is 39.3 Å². The van der Waals surface area contributed by atoms with Crippen LogP contribution >= 0.6 is 11.6 Å². The van der Waals surface area contributed by atoms with E-state index >= 15 is 0 Å². The first-order valence-electron chi connectivity index (χ1n) is 18.5.